The highest BCUT2D eigenvalue weighted by atomic mass is 35.5. The molecular weight excluding hydrogens is 445 g/mol. The van der Waals surface area contributed by atoms with Crippen LogP contribution in [0.4, 0.5) is 0 Å². The molecular formula is C18H14Cl3N3O3S. The van der Waals surface area contributed by atoms with E-state index in [9.17, 15) is 8.42 Å². The maximum absolute atomic E-state index is 12.6. The summed E-state index contributed by atoms with van der Waals surface area (Å²) in [7, 11) is -2.33. The summed E-state index contributed by atoms with van der Waals surface area (Å²) in [6.45, 7) is -0.0510. The lowest BCUT2D eigenvalue weighted by molar-refractivity contribution is 0.415. The van der Waals surface area contributed by atoms with Crippen molar-refractivity contribution < 1.29 is 13.2 Å². The molecule has 0 aliphatic rings. The second-order valence-electron chi connectivity index (χ2n) is 5.64. The number of methoxy groups -OCH3 is 1. The molecule has 6 nitrogen and oxygen atoms in total. The first-order valence-electron chi connectivity index (χ1n) is 7.90. The monoisotopic (exact) mass is 457 g/mol. The fourth-order valence-electron chi connectivity index (χ4n) is 2.37. The first kappa shape index (κ1) is 20.8. The summed E-state index contributed by atoms with van der Waals surface area (Å²) in [5.41, 5.74) is 1.99. The normalized spacial score (nSPS) is 11.4. The molecule has 3 aromatic rings. The quantitative estimate of drug-likeness (QED) is 0.546. The lowest BCUT2D eigenvalue weighted by Crippen LogP contribution is -2.24. The minimum absolute atomic E-state index is 0.0245. The molecule has 10 heteroatoms. The van der Waals surface area contributed by atoms with Gasteiger partial charge >= 0.3 is 0 Å². The summed E-state index contributed by atoms with van der Waals surface area (Å²) in [4.78, 5) is 8.17. The predicted octanol–water partition coefficient (Wildman–Crippen LogP) is 4.59. The fourth-order valence-corrected chi connectivity index (χ4v) is 4.37. The summed E-state index contributed by atoms with van der Waals surface area (Å²) in [5.74, 6) is 0.726. The maximum Gasteiger partial charge on any atom is 0.242 e. The van der Waals surface area contributed by atoms with Gasteiger partial charge in [-0.15, -0.1) is 0 Å². The van der Waals surface area contributed by atoms with Crippen LogP contribution < -0.4 is 9.46 Å². The highest BCUT2D eigenvalue weighted by molar-refractivity contribution is 7.89. The molecule has 28 heavy (non-hydrogen) atoms. The van der Waals surface area contributed by atoms with Crippen LogP contribution in [0.25, 0.3) is 11.3 Å². The molecule has 1 N–H and O–H groups in total. The van der Waals surface area contributed by atoms with Crippen molar-refractivity contribution in [2.75, 3.05) is 7.11 Å². The highest BCUT2D eigenvalue weighted by Gasteiger charge is 2.20. The van der Waals surface area contributed by atoms with E-state index < -0.39 is 10.0 Å². The van der Waals surface area contributed by atoms with Crippen molar-refractivity contribution in [3.63, 3.8) is 0 Å². The third-order valence-corrected chi connectivity index (χ3v) is 6.41. The van der Waals surface area contributed by atoms with E-state index >= 15 is 0 Å². The minimum Gasteiger partial charge on any atom is -0.497 e. The zero-order valence-electron chi connectivity index (χ0n) is 14.5. The van der Waals surface area contributed by atoms with Crippen molar-refractivity contribution in [1.29, 1.82) is 0 Å². The van der Waals surface area contributed by atoms with Gasteiger partial charge in [-0.2, -0.15) is 0 Å². The van der Waals surface area contributed by atoms with Crippen LogP contribution in [0.15, 0.2) is 53.7 Å². The Morgan fingerprint density at radius 1 is 0.964 bits per heavy atom. The number of aromatic nitrogens is 2. The molecule has 0 bridgehead atoms. The topological polar surface area (TPSA) is 81.2 Å². The Morgan fingerprint density at radius 2 is 1.64 bits per heavy atom. The van der Waals surface area contributed by atoms with Gasteiger partial charge in [0.2, 0.25) is 10.0 Å². The van der Waals surface area contributed by atoms with Crippen LogP contribution in [-0.2, 0) is 16.6 Å². The van der Waals surface area contributed by atoms with Gasteiger partial charge in [0, 0.05) is 5.56 Å². The molecule has 0 aliphatic heterocycles. The van der Waals surface area contributed by atoms with Crippen LogP contribution >= 0.6 is 34.8 Å². The molecule has 0 spiro atoms. The lowest BCUT2D eigenvalue weighted by atomic mass is 10.1. The molecule has 0 atom stereocenters. The molecule has 0 unspecified atom stereocenters. The van der Waals surface area contributed by atoms with E-state index in [0.29, 0.717) is 11.4 Å². The van der Waals surface area contributed by atoms with E-state index in [1.165, 1.54) is 18.5 Å². The SMILES string of the molecule is COc1ccc(-c2cc(CNS(=O)(=O)c3cc(Cl)c(Cl)cc3Cl)ncn2)cc1. The van der Waals surface area contributed by atoms with Crippen LogP contribution in [0.5, 0.6) is 5.75 Å². The number of benzene rings is 2. The summed E-state index contributed by atoms with van der Waals surface area (Å²) < 4.78 is 32.7. The number of nitrogens with zero attached hydrogens (tertiary/aromatic N) is 2. The molecule has 0 radical (unpaired) electrons. The van der Waals surface area contributed by atoms with Crippen LogP contribution in [0.2, 0.25) is 15.1 Å². The molecule has 0 saturated carbocycles. The van der Waals surface area contributed by atoms with Gasteiger partial charge in [-0.1, -0.05) is 34.8 Å². The van der Waals surface area contributed by atoms with E-state index in [1.54, 1.807) is 13.2 Å². The standard InChI is InChI=1S/C18H14Cl3N3O3S/c1-27-13-4-2-11(3-5-13)17-6-12(22-10-23-17)9-24-28(25,26)18-8-15(20)14(19)7-16(18)21/h2-8,10,24H,9H2,1H3. The zero-order chi connectivity index (χ0) is 20.3. The number of ether oxygens (including phenoxy) is 1. The Morgan fingerprint density at radius 3 is 2.32 bits per heavy atom. The van der Waals surface area contributed by atoms with Crippen LogP contribution in [0.3, 0.4) is 0 Å². The number of hydrogen-bond acceptors (Lipinski definition) is 5. The van der Waals surface area contributed by atoms with E-state index in [4.69, 9.17) is 39.5 Å². The van der Waals surface area contributed by atoms with Gasteiger partial charge in [0.1, 0.15) is 17.0 Å². The molecule has 0 saturated heterocycles. The van der Waals surface area contributed by atoms with E-state index in [0.717, 1.165) is 11.3 Å². The van der Waals surface area contributed by atoms with Crippen LogP contribution in [-0.4, -0.2) is 25.5 Å². The van der Waals surface area contributed by atoms with Gasteiger partial charge in [-0.25, -0.2) is 23.1 Å². The van der Waals surface area contributed by atoms with Crippen molar-refractivity contribution in [3.8, 4) is 17.0 Å². The molecule has 2 aromatic carbocycles. The minimum atomic E-state index is -3.92. The third kappa shape index (κ3) is 4.74. The van der Waals surface area contributed by atoms with Gasteiger partial charge in [0.25, 0.3) is 0 Å². The van der Waals surface area contributed by atoms with Gasteiger partial charge < -0.3 is 4.74 Å². The number of nitrogens with one attached hydrogen (secondary N) is 1. The van der Waals surface area contributed by atoms with Crippen molar-refractivity contribution in [3.05, 3.63) is 69.6 Å². The smallest absolute Gasteiger partial charge is 0.242 e. The van der Waals surface area contributed by atoms with Crippen molar-refractivity contribution >= 4 is 44.8 Å². The first-order valence-corrected chi connectivity index (χ1v) is 10.5. The number of hydrogen-bond donors (Lipinski definition) is 1. The van der Waals surface area contributed by atoms with Crippen molar-refractivity contribution in [2.24, 2.45) is 0 Å². The largest absolute Gasteiger partial charge is 0.497 e. The predicted molar refractivity (Wildman–Crippen MR) is 110 cm³/mol. The van der Waals surface area contributed by atoms with E-state index in [1.807, 2.05) is 24.3 Å². The summed E-state index contributed by atoms with van der Waals surface area (Å²) in [6, 6.07) is 11.5. The second kappa shape index (κ2) is 8.63. The Bertz CT molecular complexity index is 1110. The average Bonchev–Trinajstić information content (AvgIpc) is 2.69. The number of sulfonamides is 1. The summed E-state index contributed by atoms with van der Waals surface area (Å²) in [6.07, 6.45) is 1.37. The van der Waals surface area contributed by atoms with E-state index in [2.05, 4.69) is 14.7 Å². The zero-order valence-corrected chi connectivity index (χ0v) is 17.6. The Kier molecular flexibility index (Phi) is 6.42. The lowest BCUT2D eigenvalue weighted by Gasteiger charge is -2.10. The van der Waals surface area contributed by atoms with Crippen molar-refractivity contribution in [2.45, 2.75) is 11.4 Å². The third-order valence-electron chi connectivity index (χ3n) is 3.82. The molecule has 0 fully saturated rings. The first-order chi connectivity index (χ1) is 13.3. The molecule has 0 amide bonds. The van der Waals surface area contributed by atoms with Crippen LogP contribution in [0, 0.1) is 0 Å². The van der Waals surface area contributed by atoms with Gasteiger partial charge in [0.05, 0.1) is 40.1 Å². The number of rotatable bonds is 6. The molecule has 1 aromatic heterocycles. The average molecular weight is 459 g/mol. The number of halogens is 3. The second-order valence-corrected chi connectivity index (χ2v) is 8.60. The van der Waals surface area contributed by atoms with E-state index in [-0.39, 0.29) is 26.5 Å². The molecule has 146 valence electrons. The van der Waals surface area contributed by atoms with Gasteiger partial charge in [-0.3, -0.25) is 0 Å². The fraction of sp³-hybridized carbons (Fsp3) is 0.111. The maximum atomic E-state index is 12.6. The van der Waals surface area contributed by atoms with Gasteiger partial charge in [0.15, 0.2) is 0 Å². The summed E-state index contributed by atoms with van der Waals surface area (Å²) in [5, 5.41) is 0.240. The molecule has 0 aliphatic carbocycles. The Labute approximate surface area is 177 Å². The van der Waals surface area contributed by atoms with Crippen molar-refractivity contribution in [1.82, 2.24) is 14.7 Å². The Hall–Kier alpha value is -1.90. The van der Waals surface area contributed by atoms with Gasteiger partial charge in [-0.05, 0) is 42.5 Å². The Balaban J connectivity index is 1.80. The summed E-state index contributed by atoms with van der Waals surface area (Å²) >= 11 is 17.8. The molecule has 3 rings (SSSR count). The molecule has 1 heterocycles. The highest BCUT2D eigenvalue weighted by Crippen LogP contribution is 2.31. The van der Waals surface area contributed by atoms with Crippen LogP contribution in [0.1, 0.15) is 5.69 Å².